The number of hydrogen-bond acceptors (Lipinski definition) is 4. The predicted octanol–water partition coefficient (Wildman–Crippen LogP) is 4.78. The molecule has 6 heteroatoms. The molecule has 0 unspecified atom stereocenters. The first-order valence-corrected chi connectivity index (χ1v) is 11.8. The van der Waals surface area contributed by atoms with E-state index >= 15 is 0 Å². The summed E-state index contributed by atoms with van der Waals surface area (Å²) in [5, 5.41) is -0.355. The van der Waals surface area contributed by atoms with Crippen LogP contribution in [0.1, 0.15) is 36.8 Å². The standard InChI is InChI=1S/C24H31NO4S/c1-4-5-6-24(21-11-12-21)30(26,27)25(17-19-7-13-22(28-2)14-8-19)18-20-9-15-23(29-3)16-10-20/h4,7-10,13-16,21,24H,1,5-6,11-12,17-18H2,2-3H3/t24-/m1/s1. The maximum Gasteiger partial charge on any atom is 0.217 e. The van der Waals surface area contributed by atoms with Crippen molar-refractivity contribution in [2.75, 3.05) is 14.2 Å². The van der Waals surface area contributed by atoms with Gasteiger partial charge in [0.1, 0.15) is 11.5 Å². The summed E-state index contributed by atoms with van der Waals surface area (Å²) in [6.45, 7) is 4.43. The zero-order chi connectivity index (χ0) is 21.6. The molecular weight excluding hydrogens is 398 g/mol. The Morgan fingerprint density at radius 2 is 1.43 bits per heavy atom. The molecule has 1 atom stereocenters. The van der Waals surface area contributed by atoms with E-state index in [1.54, 1.807) is 18.5 Å². The van der Waals surface area contributed by atoms with Crippen molar-refractivity contribution >= 4 is 10.0 Å². The van der Waals surface area contributed by atoms with E-state index < -0.39 is 10.0 Å². The van der Waals surface area contributed by atoms with Crippen LogP contribution in [0, 0.1) is 5.92 Å². The van der Waals surface area contributed by atoms with Crippen molar-refractivity contribution in [1.82, 2.24) is 4.31 Å². The minimum Gasteiger partial charge on any atom is -0.497 e. The average molecular weight is 430 g/mol. The van der Waals surface area contributed by atoms with Crippen LogP contribution < -0.4 is 9.47 Å². The van der Waals surface area contributed by atoms with E-state index in [4.69, 9.17) is 9.47 Å². The van der Waals surface area contributed by atoms with Gasteiger partial charge >= 0.3 is 0 Å². The second-order valence-corrected chi connectivity index (χ2v) is 9.90. The maximum atomic E-state index is 13.7. The van der Waals surface area contributed by atoms with Crippen molar-refractivity contribution < 1.29 is 17.9 Å². The van der Waals surface area contributed by atoms with Gasteiger partial charge in [-0.15, -0.1) is 6.58 Å². The molecule has 2 aromatic carbocycles. The lowest BCUT2D eigenvalue weighted by Gasteiger charge is -2.28. The fourth-order valence-electron chi connectivity index (χ4n) is 3.67. The van der Waals surface area contributed by atoms with Crippen molar-refractivity contribution in [1.29, 1.82) is 0 Å². The third-order valence-electron chi connectivity index (χ3n) is 5.58. The van der Waals surface area contributed by atoms with Crippen LogP contribution >= 0.6 is 0 Å². The van der Waals surface area contributed by atoms with Crippen LogP contribution in [0.3, 0.4) is 0 Å². The summed E-state index contributed by atoms with van der Waals surface area (Å²) in [7, 11) is -0.236. The first kappa shape index (κ1) is 22.4. The Kier molecular flexibility index (Phi) is 7.56. The number of allylic oxidation sites excluding steroid dienone is 1. The highest BCUT2D eigenvalue weighted by atomic mass is 32.2. The Balaban J connectivity index is 1.88. The smallest absolute Gasteiger partial charge is 0.217 e. The molecule has 0 saturated heterocycles. The lowest BCUT2D eigenvalue weighted by molar-refractivity contribution is 0.385. The Hall–Kier alpha value is -2.31. The highest BCUT2D eigenvalue weighted by Gasteiger charge is 2.42. The van der Waals surface area contributed by atoms with Gasteiger partial charge in [-0.05, 0) is 67.0 Å². The number of benzene rings is 2. The summed E-state index contributed by atoms with van der Waals surface area (Å²) < 4.78 is 39.5. The van der Waals surface area contributed by atoms with Crippen LogP contribution in [-0.2, 0) is 23.1 Å². The van der Waals surface area contributed by atoms with Crippen LogP contribution in [0.2, 0.25) is 0 Å². The van der Waals surface area contributed by atoms with Gasteiger partial charge in [-0.25, -0.2) is 8.42 Å². The number of hydrogen-bond donors (Lipinski definition) is 0. The number of ether oxygens (including phenoxy) is 2. The second kappa shape index (κ2) is 10.1. The summed E-state index contributed by atoms with van der Waals surface area (Å²) >= 11 is 0. The number of sulfonamides is 1. The number of rotatable bonds is 12. The lowest BCUT2D eigenvalue weighted by atomic mass is 10.2. The van der Waals surface area contributed by atoms with Gasteiger partial charge in [-0.3, -0.25) is 0 Å². The third-order valence-corrected chi connectivity index (χ3v) is 7.95. The Morgan fingerprint density at radius 3 is 1.80 bits per heavy atom. The van der Waals surface area contributed by atoms with Gasteiger partial charge in [0.05, 0.1) is 19.5 Å². The minimum absolute atomic E-state index is 0.254. The van der Waals surface area contributed by atoms with E-state index in [1.165, 1.54) is 0 Å². The number of methoxy groups -OCH3 is 2. The van der Waals surface area contributed by atoms with Gasteiger partial charge in [0.15, 0.2) is 0 Å². The molecule has 0 radical (unpaired) electrons. The van der Waals surface area contributed by atoms with E-state index in [0.29, 0.717) is 25.9 Å². The molecule has 1 saturated carbocycles. The van der Waals surface area contributed by atoms with E-state index in [9.17, 15) is 8.42 Å². The number of nitrogens with zero attached hydrogens (tertiary/aromatic N) is 1. The van der Waals surface area contributed by atoms with E-state index in [2.05, 4.69) is 6.58 Å². The van der Waals surface area contributed by atoms with Crippen LogP contribution in [-0.4, -0.2) is 32.2 Å². The highest BCUT2D eigenvalue weighted by molar-refractivity contribution is 7.89. The van der Waals surface area contributed by atoms with Crippen LogP contribution in [0.15, 0.2) is 61.2 Å². The molecule has 0 spiro atoms. The molecule has 0 bridgehead atoms. The summed E-state index contributed by atoms with van der Waals surface area (Å²) in [5.41, 5.74) is 1.87. The Bertz CT molecular complexity index is 869. The molecule has 1 aliphatic carbocycles. The van der Waals surface area contributed by atoms with Gasteiger partial charge < -0.3 is 9.47 Å². The quantitative estimate of drug-likeness (QED) is 0.456. The molecule has 0 aromatic heterocycles. The highest BCUT2D eigenvalue weighted by Crippen LogP contribution is 2.40. The van der Waals surface area contributed by atoms with Gasteiger partial charge in [0.25, 0.3) is 0 Å². The minimum atomic E-state index is -3.48. The first-order valence-electron chi connectivity index (χ1n) is 10.3. The molecular formula is C24H31NO4S. The molecule has 1 fully saturated rings. The Labute approximate surface area is 180 Å². The lowest BCUT2D eigenvalue weighted by Crippen LogP contribution is -2.39. The van der Waals surface area contributed by atoms with Crippen molar-refractivity contribution in [2.45, 2.75) is 44.0 Å². The molecule has 3 rings (SSSR count). The predicted molar refractivity (Wildman–Crippen MR) is 120 cm³/mol. The van der Waals surface area contributed by atoms with Crippen molar-refractivity contribution in [3.05, 3.63) is 72.3 Å². The summed E-state index contributed by atoms with van der Waals surface area (Å²) in [5.74, 6) is 1.76. The molecule has 1 aliphatic rings. The summed E-state index contributed by atoms with van der Waals surface area (Å²) in [6.07, 6.45) is 5.11. The Morgan fingerprint density at radius 1 is 0.967 bits per heavy atom. The van der Waals surface area contributed by atoms with Gasteiger partial charge in [-0.2, -0.15) is 4.31 Å². The SMILES string of the molecule is C=CCC[C@H](C1CC1)S(=O)(=O)N(Cc1ccc(OC)cc1)Cc1ccc(OC)cc1. The fourth-order valence-corrected chi connectivity index (χ4v) is 5.91. The molecule has 0 N–H and O–H groups in total. The largest absolute Gasteiger partial charge is 0.497 e. The van der Waals surface area contributed by atoms with Crippen molar-refractivity contribution in [3.63, 3.8) is 0 Å². The molecule has 0 aliphatic heterocycles. The van der Waals surface area contributed by atoms with Crippen LogP contribution in [0.25, 0.3) is 0 Å². The van der Waals surface area contributed by atoms with Crippen molar-refractivity contribution in [2.24, 2.45) is 5.92 Å². The third kappa shape index (κ3) is 5.64. The van der Waals surface area contributed by atoms with E-state index in [1.807, 2.05) is 54.6 Å². The normalized spacial score (nSPS) is 15.0. The average Bonchev–Trinajstić information content (AvgIpc) is 3.59. The molecule has 30 heavy (non-hydrogen) atoms. The fraction of sp³-hybridized carbons (Fsp3) is 0.417. The zero-order valence-electron chi connectivity index (χ0n) is 17.8. The van der Waals surface area contributed by atoms with Crippen molar-refractivity contribution in [3.8, 4) is 11.5 Å². The zero-order valence-corrected chi connectivity index (χ0v) is 18.6. The summed E-state index contributed by atoms with van der Waals surface area (Å²) in [6, 6.07) is 15.1. The van der Waals surface area contributed by atoms with Gasteiger partial charge in [-0.1, -0.05) is 30.3 Å². The molecule has 5 nitrogen and oxygen atoms in total. The monoisotopic (exact) mass is 429 g/mol. The molecule has 162 valence electrons. The maximum absolute atomic E-state index is 13.7. The van der Waals surface area contributed by atoms with Gasteiger partial charge in [0, 0.05) is 13.1 Å². The molecule has 0 heterocycles. The first-order chi connectivity index (χ1) is 14.5. The molecule has 2 aromatic rings. The molecule has 0 amide bonds. The van der Waals surface area contributed by atoms with Crippen LogP contribution in [0.5, 0.6) is 11.5 Å². The van der Waals surface area contributed by atoms with Crippen LogP contribution in [0.4, 0.5) is 0 Å². The second-order valence-electron chi connectivity index (χ2n) is 7.75. The van der Waals surface area contributed by atoms with E-state index in [0.717, 1.165) is 35.5 Å². The topological polar surface area (TPSA) is 55.8 Å². The van der Waals surface area contributed by atoms with Gasteiger partial charge in [0.2, 0.25) is 10.0 Å². The summed E-state index contributed by atoms with van der Waals surface area (Å²) in [4.78, 5) is 0. The van der Waals surface area contributed by atoms with E-state index in [-0.39, 0.29) is 11.2 Å².